The Labute approximate surface area is 87.5 Å². The van der Waals surface area contributed by atoms with Crippen molar-refractivity contribution in [1.82, 2.24) is 15.0 Å². The quantitative estimate of drug-likeness (QED) is 0.678. The van der Waals surface area contributed by atoms with Gasteiger partial charge >= 0.3 is 0 Å². The molecule has 0 radical (unpaired) electrons. The summed E-state index contributed by atoms with van der Waals surface area (Å²) in [6, 6.07) is 1.88. The molecule has 2 aromatic heterocycles. The van der Waals surface area contributed by atoms with Crippen LogP contribution in [-0.4, -0.2) is 15.0 Å². The van der Waals surface area contributed by atoms with E-state index >= 15 is 0 Å². The molecule has 4 heteroatoms. The number of fused-ring (bicyclic) bond motifs is 1. The average molecular weight is 210 g/mol. The molecule has 0 unspecified atom stereocenters. The summed E-state index contributed by atoms with van der Waals surface area (Å²) in [6.07, 6.45) is 1.82. The molecule has 0 aromatic carbocycles. The van der Waals surface area contributed by atoms with Crippen LogP contribution in [0.15, 0.2) is 12.3 Å². The molecule has 74 valence electrons. The second-order valence-electron chi connectivity index (χ2n) is 4.33. The lowest BCUT2D eigenvalue weighted by Gasteiger charge is -2.16. The molecule has 0 aliphatic heterocycles. The summed E-state index contributed by atoms with van der Waals surface area (Å²) in [5.41, 5.74) is 0.720. The van der Waals surface area contributed by atoms with E-state index in [1.54, 1.807) is 0 Å². The van der Waals surface area contributed by atoms with Gasteiger partial charge < -0.3 is 4.98 Å². The molecular formula is C10H12ClN3. The number of nitrogens with zero attached hydrogens (tertiary/aromatic N) is 2. The van der Waals surface area contributed by atoms with E-state index in [2.05, 4.69) is 35.7 Å². The van der Waals surface area contributed by atoms with Crippen molar-refractivity contribution in [2.24, 2.45) is 0 Å². The van der Waals surface area contributed by atoms with Gasteiger partial charge in [0, 0.05) is 11.6 Å². The van der Waals surface area contributed by atoms with Crippen molar-refractivity contribution in [3.8, 4) is 0 Å². The molecule has 3 nitrogen and oxygen atoms in total. The normalized spacial score (nSPS) is 12.3. The summed E-state index contributed by atoms with van der Waals surface area (Å²) >= 11 is 6.04. The maximum absolute atomic E-state index is 6.04. The number of nitrogens with one attached hydrogen (secondary N) is 1. The molecule has 0 fully saturated rings. The summed E-state index contributed by atoms with van der Waals surface area (Å²) < 4.78 is 0. The lowest BCUT2D eigenvalue weighted by atomic mass is 9.96. The second kappa shape index (κ2) is 2.95. The van der Waals surface area contributed by atoms with E-state index in [0.29, 0.717) is 5.15 Å². The Balaban J connectivity index is 2.70. The van der Waals surface area contributed by atoms with E-state index in [0.717, 1.165) is 16.9 Å². The van der Waals surface area contributed by atoms with Gasteiger partial charge in [-0.25, -0.2) is 9.97 Å². The van der Waals surface area contributed by atoms with E-state index < -0.39 is 0 Å². The van der Waals surface area contributed by atoms with Gasteiger partial charge in [-0.2, -0.15) is 0 Å². The van der Waals surface area contributed by atoms with E-state index in [-0.39, 0.29) is 5.41 Å². The summed E-state index contributed by atoms with van der Waals surface area (Å²) in [4.78, 5) is 11.7. The fraction of sp³-hybridized carbons (Fsp3) is 0.400. The highest BCUT2D eigenvalue weighted by molar-refractivity contribution is 6.33. The van der Waals surface area contributed by atoms with Crippen molar-refractivity contribution in [3.63, 3.8) is 0 Å². The van der Waals surface area contributed by atoms with Crippen LogP contribution in [0.1, 0.15) is 26.6 Å². The number of aromatic nitrogens is 3. The minimum atomic E-state index is -0.0804. The standard InChI is InChI=1S/C10H12ClN3/c1-10(2,3)9-13-7(11)6-4-5-12-8(6)14-9/h4-5H,1-3H3,(H,12,13,14). The van der Waals surface area contributed by atoms with Crippen LogP contribution in [0, 0.1) is 0 Å². The van der Waals surface area contributed by atoms with E-state index in [9.17, 15) is 0 Å². The molecule has 2 rings (SSSR count). The van der Waals surface area contributed by atoms with Crippen LogP contribution >= 0.6 is 11.6 Å². The zero-order valence-electron chi connectivity index (χ0n) is 8.43. The summed E-state index contributed by atoms with van der Waals surface area (Å²) in [5.74, 6) is 0.762. The minimum absolute atomic E-state index is 0.0804. The van der Waals surface area contributed by atoms with Gasteiger partial charge in [-0.1, -0.05) is 32.4 Å². The molecule has 0 aliphatic carbocycles. The highest BCUT2D eigenvalue weighted by Crippen LogP contribution is 2.24. The van der Waals surface area contributed by atoms with Crippen molar-refractivity contribution in [3.05, 3.63) is 23.2 Å². The Kier molecular flexibility index (Phi) is 2.00. The van der Waals surface area contributed by atoms with Crippen molar-refractivity contribution in [1.29, 1.82) is 0 Å². The van der Waals surface area contributed by atoms with Crippen molar-refractivity contribution >= 4 is 22.6 Å². The first-order valence-electron chi connectivity index (χ1n) is 4.49. The van der Waals surface area contributed by atoms with Gasteiger partial charge in [0.1, 0.15) is 16.6 Å². The van der Waals surface area contributed by atoms with Gasteiger partial charge in [0.15, 0.2) is 0 Å². The largest absolute Gasteiger partial charge is 0.346 e. The highest BCUT2D eigenvalue weighted by Gasteiger charge is 2.19. The molecule has 1 N–H and O–H groups in total. The Morgan fingerprint density at radius 2 is 2.00 bits per heavy atom. The van der Waals surface area contributed by atoms with Crippen LogP contribution in [0.3, 0.4) is 0 Å². The van der Waals surface area contributed by atoms with Gasteiger partial charge in [0.2, 0.25) is 0 Å². The van der Waals surface area contributed by atoms with Crippen LogP contribution in [-0.2, 0) is 5.41 Å². The minimum Gasteiger partial charge on any atom is -0.346 e. The Hall–Kier alpha value is -1.09. The monoisotopic (exact) mass is 209 g/mol. The van der Waals surface area contributed by atoms with Crippen LogP contribution in [0.25, 0.3) is 11.0 Å². The zero-order chi connectivity index (χ0) is 10.3. The molecule has 0 saturated heterocycles. The van der Waals surface area contributed by atoms with Gasteiger partial charge in [-0.15, -0.1) is 0 Å². The van der Waals surface area contributed by atoms with Gasteiger partial charge in [0.25, 0.3) is 0 Å². The van der Waals surface area contributed by atoms with Crippen LogP contribution < -0.4 is 0 Å². The third-order valence-electron chi connectivity index (χ3n) is 2.04. The van der Waals surface area contributed by atoms with Crippen LogP contribution in [0.5, 0.6) is 0 Å². The lowest BCUT2D eigenvalue weighted by Crippen LogP contribution is -2.16. The van der Waals surface area contributed by atoms with Gasteiger partial charge in [-0.3, -0.25) is 0 Å². The number of H-pyrrole nitrogens is 1. The average Bonchev–Trinajstić information content (AvgIpc) is 2.50. The molecule has 2 aromatic rings. The Bertz CT molecular complexity index is 468. The number of rotatable bonds is 0. The SMILES string of the molecule is CC(C)(C)c1nc(Cl)c2cc[nH]c2n1. The predicted molar refractivity (Wildman–Crippen MR) is 57.6 cm³/mol. The summed E-state index contributed by atoms with van der Waals surface area (Å²) in [7, 11) is 0. The molecular weight excluding hydrogens is 198 g/mol. The first kappa shape index (κ1) is 9.46. The second-order valence-corrected chi connectivity index (χ2v) is 4.69. The van der Waals surface area contributed by atoms with E-state index in [1.165, 1.54) is 0 Å². The number of halogens is 1. The number of hydrogen-bond acceptors (Lipinski definition) is 2. The number of hydrogen-bond donors (Lipinski definition) is 1. The Morgan fingerprint density at radius 3 is 2.64 bits per heavy atom. The predicted octanol–water partition coefficient (Wildman–Crippen LogP) is 2.91. The van der Waals surface area contributed by atoms with Gasteiger partial charge in [-0.05, 0) is 6.07 Å². The lowest BCUT2D eigenvalue weighted by molar-refractivity contribution is 0.548. The first-order chi connectivity index (χ1) is 6.48. The van der Waals surface area contributed by atoms with Crippen molar-refractivity contribution in [2.45, 2.75) is 26.2 Å². The summed E-state index contributed by atoms with van der Waals surface area (Å²) in [5, 5.41) is 1.39. The molecule has 0 bridgehead atoms. The topological polar surface area (TPSA) is 41.6 Å². The Morgan fingerprint density at radius 1 is 1.29 bits per heavy atom. The molecule has 0 spiro atoms. The maximum Gasteiger partial charge on any atom is 0.142 e. The zero-order valence-corrected chi connectivity index (χ0v) is 9.18. The van der Waals surface area contributed by atoms with E-state index in [1.807, 2.05) is 12.3 Å². The van der Waals surface area contributed by atoms with Crippen LogP contribution in [0.4, 0.5) is 0 Å². The first-order valence-corrected chi connectivity index (χ1v) is 4.87. The molecule has 14 heavy (non-hydrogen) atoms. The molecule has 0 saturated carbocycles. The third-order valence-corrected chi connectivity index (χ3v) is 2.33. The van der Waals surface area contributed by atoms with Crippen molar-refractivity contribution in [2.75, 3.05) is 0 Å². The smallest absolute Gasteiger partial charge is 0.142 e. The summed E-state index contributed by atoms with van der Waals surface area (Å²) in [6.45, 7) is 6.19. The third kappa shape index (κ3) is 1.48. The van der Waals surface area contributed by atoms with Crippen LogP contribution in [0.2, 0.25) is 5.15 Å². The highest BCUT2D eigenvalue weighted by atomic mass is 35.5. The molecule has 0 aliphatic rings. The molecule has 0 atom stereocenters. The maximum atomic E-state index is 6.04. The van der Waals surface area contributed by atoms with E-state index in [4.69, 9.17) is 11.6 Å². The molecule has 2 heterocycles. The molecule has 0 amide bonds. The fourth-order valence-electron chi connectivity index (χ4n) is 1.24. The van der Waals surface area contributed by atoms with Crippen molar-refractivity contribution < 1.29 is 0 Å². The number of aromatic amines is 1. The van der Waals surface area contributed by atoms with Gasteiger partial charge in [0.05, 0.1) is 5.39 Å². The fourth-order valence-corrected chi connectivity index (χ4v) is 1.47.